The molecule has 2 heterocycles. The average molecular weight is 498 g/mol. The number of H-pyrrole nitrogens is 1. The molecule has 2 aromatic carbocycles. The number of aromatic amines is 1. The van der Waals surface area contributed by atoms with Crippen molar-refractivity contribution in [2.75, 3.05) is 13.1 Å². The SMILES string of the molecule is N#Cc1cc(Br)ccc1CC(=O)N1C[C@@H](O)[C@H](NC(=O)c2cccc3[nH]c(CO)nc23)C1. The van der Waals surface area contributed by atoms with E-state index in [4.69, 9.17) is 0 Å². The second kappa shape index (κ2) is 9.08. The van der Waals surface area contributed by atoms with Crippen LogP contribution in [0, 0.1) is 11.3 Å². The van der Waals surface area contributed by atoms with E-state index in [-0.39, 0.29) is 32.0 Å². The number of amides is 2. The number of nitrogens with one attached hydrogen (secondary N) is 2. The molecule has 3 aromatic rings. The molecule has 10 heteroatoms. The van der Waals surface area contributed by atoms with E-state index in [2.05, 4.69) is 37.3 Å². The molecular formula is C22H20BrN5O4. The third-order valence-electron chi connectivity index (χ3n) is 5.45. The van der Waals surface area contributed by atoms with Crippen LogP contribution in [0.5, 0.6) is 0 Å². The number of aliphatic hydroxyl groups is 2. The molecule has 2 amide bonds. The Morgan fingerprint density at radius 3 is 2.88 bits per heavy atom. The summed E-state index contributed by atoms with van der Waals surface area (Å²) in [6.07, 6.45) is -0.894. The molecule has 1 fully saturated rings. The second-order valence-electron chi connectivity index (χ2n) is 7.58. The molecule has 164 valence electrons. The lowest BCUT2D eigenvalue weighted by Gasteiger charge is -2.17. The average Bonchev–Trinajstić information content (AvgIpc) is 3.37. The monoisotopic (exact) mass is 497 g/mol. The van der Waals surface area contributed by atoms with Gasteiger partial charge in [-0.15, -0.1) is 0 Å². The molecule has 0 aliphatic carbocycles. The Morgan fingerprint density at radius 1 is 1.31 bits per heavy atom. The highest BCUT2D eigenvalue weighted by Crippen LogP contribution is 2.20. The van der Waals surface area contributed by atoms with Crippen molar-refractivity contribution < 1.29 is 19.8 Å². The van der Waals surface area contributed by atoms with Crippen molar-refractivity contribution in [3.63, 3.8) is 0 Å². The van der Waals surface area contributed by atoms with Crippen LogP contribution in [-0.2, 0) is 17.8 Å². The van der Waals surface area contributed by atoms with Gasteiger partial charge >= 0.3 is 0 Å². The highest BCUT2D eigenvalue weighted by atomic mass is 79.9. The van der Waals surface area contributed by atoms with Crippen molar-refractivity contribution in [2.45, 2.75) is 25.2 Å². The number of carbonyl (C=O) groups is 2. The Labute approximate surface area is 191 Å². The van der Waals surface area contributed by atoms with Gasteiger partial charge in [0.15, 0.2) is 0 Å². The number of rotatable bonds is 5. The fourth-order valence-electron chi connectivity index (χ4n) is 3.80. The van der Waals surface area contributed by atoms with Crippen LogP contribution in [0.15, 0.2) is 40.9 Å². The number of hydrogen-bond donors (Lipinski definition) is 4. The predicted molar refractivity (Wildman–Crippen MR) is 118 cm³/mol. The number of halogens is 1. The molecule has 4 N–H and O–H groups in total. The largest absolute Gasteiger partial charge is 0.389 e. The molecule has 1 aliphatic rings. The molecule has 1 aliphatic heterocycles. The van der Waals surface area contributed by atoms with Gasteiger partial charge in [-0.3, -0.25) is 9.59 Å². The molecular weight excluding hydrogens is 478 g/mol. The van der Waals surface area contributed by atoms with Gasteiger partial charge in [-0.25, -0.2) is 4.98 Å². The lowest BCUT2D eigenvalue weighted by molar-refractivity contribution is -0.129. The third-order valence-corrected chi connectivity index (χ3v) is 5.94. The van der Waals surface area contributed by atoms with E-state index < -0.39 is 18.1 Å². The summed E-state index contributed by atoms with van der Waals surface area (Å²) in [7, 11) is 0. The van der Waals surface area contributed by atoms with Gasteiger partial charge < -0.3 is 25.4 Å². The zero-order valence-electron chi connectivity index (χ0n) is 16.9. The van der Waals surface area contributed by atoms with Crippen LogP contribution in [0.3, 0.4) is 0 Å². The van der Waals surface area contributed by atoms with Crippen molar-refractivity contribution in [1.29, 1.82) is 5.26 Å². The number of nitriles is 1. The van der Waals surface area contributed by atoms with Crippen molar-refractivity contribution in [3.8, 4) is 6.07 Å². The number of aromatic nitrogens is 2. The highest BCUT2D eigenvalue weighted by molar-refractivity contribution is 9.10. The first kappa shape index (κ1) is 22.0. The minimum atomic E-state index is -0.922. The summed E-state index contributed by atoms with van der Waals surface area (Å²) in [5.74, 6) is -0.311. The van der Waals surface area contributed by atoms with Gasteiger partial charge in [-0.05, 0) is 29.8 Å². The van der Waals surface area contributed by atoms with Gasteiger partial charge in [0.05, 0.1) is 41.3 Å². The van der Waals surface area contributed by atoms with E-state index in [1.807, 2.05) is 0 Å². The summed E-state index contributed by atoms with van der Waals surface area (Å²) in [5, 5.41) is 31.8. The maximum Gasteiger partial charge on any atom is 0.253 e. The summed E-state index contributed by atoms with van der Waals surface area (Å²) >= 11 is 3.31. The van der Waals surface area contributed by atoms with Crippen molar-refractivity contribution >= 4 is 38.8 Å². The summed E-state index contributed by atoms with van der Waals surface area (Å²) in [6.45, 7) is -0.0356. The summed E-state index contributed by atoms with van der Waals surface area (Å²) in [5.41, 5.74) is 2.37. The Morgan fingerprint density at radius 2 is 2.12 bits per heavy atom. The van der Waals surface area contributed by atoms with E-state index in [1.54, 1.807) is 36.4 Å². The molecule has 0 unspecified atom stereocenters. The first-order chi connectivity index (χ1) is 15.4. The van der Waals surface area contributed by atoms with Crippen molar-refractivity contribution in [1.82, 2.24) is 20.2 Å². The smallest absolute Gasteiger partial charge is 0.253 e. The number of hydrogen-bond acceptors (Lipinski definition) is 6. The first-order valence-electron chi connectivity index (χ1n) is 9.93. The fraction of sp³-hybridized carbons (Fsp3) is 0.273. The zero-order valence-corrected chi connectivity index (χ0v) is 18.5. The minimum absolute atomic E-state index is 0.0279. The Hall–Kier alpha value is -3.26. The predicted octanol–water partition coefficient (Wildman–Crippen LogP) is 1.23. The van der Waals surface area contributed by atoms with Crippen LogP contribution in [0.2, 0.25) is 0 Å². The van der Waals surface area contributed by atoms with Gasteiger partial charge in [0.1, 0.15) is 17.9 Å². The third kappa shape index (κ3) is 4.36. The molecule has 9 nitrogen and oxygen atoms in total. The quantitative estimate of drug-likeness (QED) is 0.417. The molecule has 1 saturated heterocycles. The number of benzene rings is 2. The van der Waals surface area contributed by atoms with E-state index in [0.29, 0.717) is 33.5 Å². The normalized spacial score (nSPS) is 18.0. The second-order valence-corrected chi connectivity index (χ2v) is 8.50. The number of para-hydroxylation sites is 1. The number of carbonyl (C=O) groups excluding carboxylic acids is 2. The molecule has 0 bridgehead atoms. The summed E-state index contributed by atoms with van der Waals surface area (Å²) < 4.78 is 0.752. The van der Waals surface area contributed by atoms with Crippen LogP contribution in [-0.4, -0.2) is 62.1 Å². The summed E-state index contributed by atoms with van der Waals surface area (Å²) in [4.78, 5) is 34.3. The number of aliphatic hydroxyl groups excluding tert-OH is 2. The van der Waals surface area contributed by atoms with Crippen molar-refractivity contribution in [3.05, 3.63) is 63.4 Å². The fourth-order valence-corrected chi connectivity index (χ4v) is 4.16. The van der Waals surface area contributed by atoms with Crippen molar-refractivity contribution in [2.24, 2.45) is 0 Å². The highest BCUT2D eigenvalue weighted by Gasteiger charge is 2.35. The molecule has 0 saturated carbocycles. The Balaban J connectivity index is 1.45. The van der Waals surface area contributed by atoms with Gasteiger partial charge in [-0.1, -0.05) is 28.1 Å². The number of imidazole rings is 1. The Bertz CT molecular complexity index is 1230. The van der Waals surface area contributed by atoms with E-state index >= 15 is 0 Å². The molecule has 32 heavy (non-hydrogen) atoms. The molecule has 0 spiro atoms. The van der Waals surface area contributed by atoms with Gasteiger partial charge in [0.25, 0.3) is 5.91 Å². The molecule has 1 aromatic heterocycles. The van der Waals surface area contributed by atoms with Gasteiger partial charge in [-0.2, -0.15) is 5.26 Å². The first-order valence-corrected chi connectivity index (χ1v) is 10.7. The van der Waals surface area contributed by atoms with Crippen LogP contribution in [0.4, 0.5) is 0 Å². The van der Waals surface area contributed by atoms with Crippen LogP contribution >= 0.6 is 15.9 Å². The lowest BCUT2D eigenvalue weighted by atomic mass is 10.1. The number of β-amino-alcohol motifs (C(OH)–C–C–N with tert-alkyl or cyclic N) is 1. The zero-order chi connectivity index (χ0) is 22.8. The van der Waals surface area contributed by atoms with E-state index in [9.17, 15) is 25.1 Å². The molecule has 2 atom stereocenters. The minimum Gasteiger partial charge on any atom is -0.389 e. The topological polar surface area (TPSA) is 142 Å². The number of likely N-dealkylation sites (tertiary alicyclic amines) is 1. The maximum absolute atomic E-state index is 12.9. The summed E-state index contributed by atoms with van der Waals surface area (Å²) in [6, 6.07) is 11.6. The molecule has 4 rings (SSSR count). The van der Waals surface area contributed by atoms with E-state index in [0.717, 1.165) is 4.47 Å². The maximum atomic E-state index is 12.9. The lowest BCUT2D eigenvalue weighted by Crippen LogP contribution is -2.43. The number of nitrogens with zero attached hydrogens (tertiary/aromatic N) is 3. The van der Waals surface area contributed by atoms with Crippen LogP contribution in [0.25, 0.3) is 11.0 Å². The van der Waals surface area contributed by atoms with Gasteiger partial charge in [0.2, 0.25) is 5.91 Å². The van der Waals surface area contributed by atoms with Gasteiger partial charge in [0, 0.05) is 17.6 Å². The standard InChI is InChI=1S/C22H20BrN5O4/c23-14-5-4-12(13(6-14)8-24)7-20(31)28-9-17(18(30)10-28)26-22(32)15-2-1-3-16-21(15)27-19(11-29)25-16/h1-6,17-18,29-30H,7,9-11H2,(H,25,27)(H,26,32)/t17-,18-/m1/s1. The molecule has 0 radical (unpaired) electrons. The van der Waals surface area contributed by atoms with E-state index in [1.165, 1.54) is 4.90 Å². The number of fused-ring (bicyclic) bond motifs is 1. The van der Waals surface area contributed by atoms with Crippen LogP contribution < -0.4 is 5.32 Å². The van der Waals surface area contributed by atoms with Crippen LogP contribution in [0.1, 0.15) is 27.3 Å². The Kier molecular flexibility index (Phi) is 6.23.